The van der Waals surface area contributed by atoms with E-state index in [1.807, 2.05) is 12.1 Å². The Morgan fingerprint density at radius 1 is 1.44 bits per heavy atom. The number of aliphatic hydroxyl groups is 2. The molecule has 4 heteroatoms. The summed E-state index contributed by atoms with van der Waals surface area (Å²) in [6.45, 7) is 2.50. The topological polar surface area (TPSA) is 56.6 Å². The Labute approximate surface area is 108 Å². The van der Waals surface area contributed by atoms with E-state index < -0.39 is 6.10 Å². The van der Waals surface area contributed by atoms with Crippen molar-refractivity contribution in [3.8, 4) is 0 Å². The van der Waals surface area contributed by atoms with E-state index in [-0.39, 0.29) is 6.61 Å². The summed E-state index contributed by atoms with van der Waals surface area (Å²) < 4.78 is 0. The summed E-state index contributed by atoms with van der Waals surface area (Å²) in [4.78, 5) is 6.57. The number of hydrogen-bond acceptors (Lipinski definition) is 4. The molecule has 1 fully saturated rings. The predicted octanol–water partition coefficient (Wildman–Crippen LogP) is 1.88. The first-order valence-corrected chi connectivity index (χ1v) is 6.74. The van der Waals surface area contributed by atoms with Gasteiger partial charge < -0.3 is 15.1 Å². The fourth-order valence-corrected chi connectivity index (χ4v) is 2.66. The third-order valence-electron chi connectivity index (χ3n) is 3.65. The molecule has 1 aromatic heterocycles. The number of aliphatic hydroxyl groups excluding tert-OH is 2. The molecule has 1 saturated carbocycles. The Morgan fingerprint density at radius 3 is 2.78 bits per heavy atom. The lowest BCUT2D eigenvalue weighted by Gasteiger charge is -2.29. The van der Waals surface area contributed by atoms with Gasteiger partial charge in [-0.05, 0) is 37.5 Å². The van der Waals surface area contributed by atoms with Crippen molar-refractivity contribution in [1.29, 1.82) is 0 Å². The first-order chi connectivity index (χ1) is 8.72. The fourth-order valence-electron chi connectivity index (χ4n) is 2.66. The zero-order valence-electron chi connectivity index (χ0n) is 10.9. The number of rotatable bonds is 5. The quantitative estimate of drug-likeness (QED) is 0.837. The molecule has 0 bridgehead atoms. The Kier molecular flexibility index (Phi) is 4.55. The van der Waals surface area contributed by atoms with Gasteiger partial charge in [0.2, 0.25) is 0 Å². The largest absolute Gasteiger partial charge is 0.395 e. The van der Waals surface area contributed by atoms with Gasteiger partial charge in [0.15, 0.2) is 0 Å². The Hall–Kier alpha value is -1.13. The van der Waals surface area contributed by atoms with Crippen LogP contribution in [0.3, 0.4) is 0 Å². The molecule has 100 valence electrons. The van der Waals surface area contributed by atoms with Crippen molar-refractivity contribution in [3.63, 3.8) is 0 Å². The Bertz CT molecular complexity index is 376. The first kappa shape index (κ1) is 13.3. The summed E-state index contributed by atoms with van der Waals surface area (Å²) in [6, 6.07) is 4.24. The molecule has 0 amide bonds. The van der Waals surface area contributed by atoms with E-state index in [0.29, 0.717) is 12.6 Å². The van der Waals surface area contributed by atoms with Crippen molar-refractivity contribution in [2.24, 2.45) is 0 Å². The number of nitrogens with zero attached hydrogens (tertiary/aromatic N) is 2. The van der Waals surface area contributed by atoms with Crippen LogP contribution in [0.1, 0.15) is 44.3 Å². The van der Waals surface area contributed by atoms with Gasteiger partial charge in [0.25, 0.3) is 0 Å². The maximum atomic E-state index is 9.63. The lowest BCUT2D eigenvalue weighted by atomic mass is 10.1. The molecule has 1 aliphatic rings. The van der Waals surface area contributed by atoms with E-state index >= 15 is 0 Å². The van der Waals surface area contributed by atoms with Crippen molar-refractivity contribution in [2.75, 3.05) is 18.1 Å². The second-order valence-corrected chi connectivity index (χ2v) is 4.98. The second kappa shape index (κ2) is 6.16. The Morgan fingerprint density at radius 2 is 2.17 bits per heavy atom. The molecule has 2 rings (SSSR count). The normalized spacial score (nSPS) is 17.9. The zero-order chi connectivity index (χ0) is 13.0. The lowest BCUT2D eigenvalue weighted by Crippen LogP contribution is -2.36. The second-order valence-electron chi connectivity index (χ2n) is 4.98. The number of aromatic nitrogens is 1. The molecule has 0 aromatic carbocycles. The summed E-state index contributed by atoms with van der Waals surface area (Å²) in [7, 11) is 0. The standard InChI is InChI=1S/C14H22N2O2/c1-11(18)12-6-7-15-14(10-12)16(8-9-17)13-4-2-3-5-13/h6-7,10-11,13,17-18H,2-5,8-9H2,1H3/t11-/m0/s1. The molecule has 0 unspecified atom stereocenters. The molecule has 18 heavy (non-hydrogen) atoms. The van der Waals surface area contributed by atoms with Gasteiger partial charge >= 0.3 is 0 Å². The molecular formula is C14H22N2O2. The molecule has 0 spiro atoms. The van der Waals surface area contributed by atoms with Crippen LogP contribution in [-0.4, -0.2) is 34.4 Å². The fraction of sp³-hybridized carbons (Fsp3) is 0.643. The minimum atomic E-state index is -0.480. The van der Waals surface area contributed by atoms with Gasteiger partial charge in [-0.15, -0.1) is 0 Å². The molecular weight excluding hydrogens is 228 g/mol. The van der Waals surface area contributed by atoms with Crippen molar-refractivity contribution in [1.82, 2.24) is 4.98 Å². The molecule has 4 nitrogen and oxygen atoms in total. The van der Waals surface area contributed by atoms with Crippen molar-refractivity contribution in [3.05, 3.63) is 23.9 Å². The van der Waals surface area contributed by atoms with Gasteiger partial charge in [0, 0.05) is 18.8 Å². The van der Waals surface area contributed by atoms with Crippen LogP contribution in [0.4, 0.5) is 5.82 Å². The van der Waals surface area contributed by atoms with Gasteiger partial charge in [-0.25, -0.2) is 4.98 Å². The van der Waals surface area contributed by atoms with Gasteiger partial charge in [-0.1, -0.05) is 12.8 Å². The highest BCUT2D eigenvalue weighted by Gasteiger charge is 2.23. The van der Waals surface area contributed by atoms with E-state index in [9.17, 15) is 10.2 Å². The summed E-state index contributed by atoms with van der Waals surface area (Å²) in [6.07, 6.45) is 6.09. The molecule has 2 N–H and O–H groups in total. The predicted molar refractivity (Wildman–Crippen MR) is 71.6 cm³/mol. The monoisotopic (exact) mass is 250 g/mol. The number of anilines is 1. The maximum absolute atomic E-state index is 9.63. The van der Waals surface area contributed by atoms with Crippen LogP contribution in [0.15, 0.2) is 18.3 Å². The van der Waals surface area contributed by atoms with Crippen LogP contribution in [0, 0.1) is 0 Å². The van der Waals surface area contributed by atoms with E-state index in [4.69, 9.17) is 0 Å². The van der Waals surface area contributed by atoms with Gasteiger partial charge in [-0.2, -0.15) is 0 Å². The average molecular weight is 250 g/mol. The van der Waals surface area contributed by atoms with Crippen LogP contribution in [0.25, 0.3) is 0 Å². The minimum Gasteiger partial charge on any atom is -0.395 e. The SMILES string of the molecule is C[C@H](O)c1ccnc(N(CCO)C2CCCC2)c1. The van der Waals surface area contributed by atoms with Gasteiger partial charge in [-0.3, -0.25) is 0 Å². The molecule has 0 aliphatic heterocycles. The highest BCUT2D eigenvalue weighted by molar-refractivity contribution is 5.43. The number of hydrogen-bond donors (Lipinski definition) is 2. The van der Waals surface area contributed by atoms with E-state index in [1.54, 1.807) is 13.1 Å². The third-order valence-corrected chi connectivity index (χ3v) is 3.65. The van der Waals surface area contributed by atoms with Crippen LogP contribution in [0.5, 0.6) is 0 Å². The van der Waals surface area contributed by atoms with E-state index in [0.717, 1.165) is 11.4 Å². The van der Waals surface area contributed by atoms with Crippen molar-refractivity contribution >= 4 is 5.82 Å². The van der Waals surface area contributed by atoms with Gasteiger partial charge in [0.1, 0.15) is 5.82 Å². The average Bonchev–Trinajstić information content (AvgIpc) is 2.89. The molecule has 1 atom stereocenters. The van der Waals surface area contributed by atoms with Crippen LogP contribution >= 0.6 is 0 Å². The maximum Gasteiger partial charge on any atom is 0.129 e. The minimum absolute atomic E-state index is 0.136. The van der Waals surface area contributed by atoms with E-state index in [2.05, 4.69) is 9.88 Å². The smallest absolute Gasteiger partial charge is 0.129 e. The van der Waals surface area contributed by atoms with Crippen molar-refractivity contribution in [2.45, 2.75) is 44.8 Å². The molecule has 1 heterocycles. The molecule has 0 radical (unpaired) electrons. The Balaban J connectivity index is 2.21. The highest BCUT2D eigenvalue weighted by Crippen LogP contribution is 2.28. The van der Waals surface area contributed by atoms with Crippen LogP contribution in [-0.2, 0) is 0 Å². The lowest BCUT2D eigenvalue weighted by molar-refractivity contribution is 0.199. The van der Waals surface area contributed by atoms with Crippen LogP contribution < -0.4 is 4.90 Å². The third kappa shape index (κ3) is 3.00. The first-order valence-electron chi connectivity index (χ1n) is 6.74. The van der Waals surface area contributed by atoms with Gasteiger partial charge in [0.05, 0.1) is 12.7 Å². The number of pyridine rings is 1. The summed E-state index contributed by atoms with van der Waals surface area (Å²) in [5.74, 6) is 0.870. The molecule has 0 saturated heterocycles. The highest BCUT2D eigenvalue weighted by atomic mass is 16.3. The zero-order valence-corrected chi connectivity index (χ0v) is 10.9. The molecule has 1 aromatic rings. The van der Waals surface area contributed by atoms with E-state index in [1.165, 1.54) is 25.7 Å². The summed E-state index contributed by atoms with van der Waals surface area (Å²) in [5.41, 5.74) is 0.876. The van der Waals surface area contributed by atoms with Crippen molar-refractivity contribution < 1.29 is 10.2 Å². The molecule has 1 aliphatic carbocycles. The summed E-state index contributed by atoms with van der Waals surface area (Å²) >= 11 is 0. The van der Waals surface area contributed by atoms with Crippen LogP contribution in [0.2, 0.25) is 0 Å². The summed E-state index contributed by atoms with van der Waals surface area (Å²) in [5, 5.41) is 18.8.